The van der Waals surface area contributed by atoms with Crippen molar-refractivity contribution in [2.75, 3.05) is 18.1 Å². The van der Waals surface area contributed by atoms with Crippen LogP contribution in [0.2, 0.25) is 0 Å². The largest absolute Gasteiger partial charge is 0.373 e. The van der Waals surface area contributed by atoms with E-state index in [4.69, 9.17) is 0 Å². The average Bonchev–Trinajstić information content (AvgIpc) is 2.89. The Morgan fingerprint density at radius 2 is 2.12 bits per heavy atom. The van der Waals surface area contributed by atoms with Crippen LogP contribution in [0.15, 0.2) is 11.1 Å². The van der Waals surface area contributed by atoms with Crippen LogP contribution in [0.25, 0.3) is 0 Å². The fourth-order valence-electron chi connectivity index (χ4n) is 2.21. The normalized spacial score (nSPS) is 16.4. The molecule has 0 bridgehead atoms. The lowest BCUT2D eigenvalue weighted by molar-refractivity contribution is 0.622. The van der Waals surface area contributed by atoms with Gasteiger partial charge in [-0.1, -0.05) is 19.8 Å². The van der Waals surface area contributed by atoms with Crippen molar-refractivity contribution in [2.45, 2.75) is 44.1 Å². The predicted octanol–water partition coefficient (Wildman–Crippen LogP) is 3.36. The maximum atomic E-state index is 4.57. The van der Waals surface area contributed by atoms with Crippen molar-refractivity contribution in [1.82, 2.24) is 9.97 Å². The minimum Gasteiger partial charge on any atom is -0.373 e. The Hall–Kier alpha value is -0.770. The van der Waals surface area contributed by atoms with Gasteiger partial charge in [0.05, 0.1) is 0 Å². The summed E-state index contributed by atoms with van der Waals surface area (Å²) in [4.78, 5) is 8.99. The van der Waals surface area contributed by atoms with Crippen LogP contribution in [0.1, 0.15) is 38.4 Å². The third kappa shape index (κ3) is 3.60. The highest BCUT2D eigenvalue weighted by atomic mass is 32.2. The molecule has 3 nitrogen and oxygen atoms in total. The van der Waals surface area contributed by atoms with Gasteiger partial charge < -0.3 is 5.32 Å². The van der Waals surface area contributed by atoms with Crippen molar-refractivity contribution in [3.8, 4) is 0 Å². The Morgan fingerprint density at radius 3 is 2.76 bits per heavy atom. The monoisotopic (exact) mass is 251 g/mol. The number of nitrogens with one attached hydrogen (secondary N) is 1. The minimum atomic E-state index is 0.895. The summed E-state index contributed by atoms with van der Waals surface area (Å²) in [5.74, 6) is 3.98. The number of hydrogen-bond donors (Lipinski definition) is 1. The van der Waals surface area contributed by atoms with Crippen LogP contribution >= 0.6 is 11.8 Å². The van der Waals surface area contributed by atoms with Crippen molar-refractivity contribution in [2.24, 2.45) is 5.92 Å². The van der Waals surface area contributed by atoms with Crippen molar-refractivity contribution >= 4 is 17.6 Å². The smallest absolute Gasteiger partial charge is 0.131 e. The highest BCUT2D eigenvalue weighted by molar-refractivity contribution is 7.99. The van der Waals surface area contributed by atoms with Crippen LogP contribution in [0.4, 0.5) is 5.82 Å². The first-order valence-electron chi connectivity index (χ1n) is 6.50. The maximum Gasteiger partial charge on any atom is 0.131 e. The Balaban J connectivity index is 1.98. The van der Waals surface area contributed by atoms with E-state index in [9.17, 15) is 0 Å². The first kappa shape index (κ1) is 12.7. The van der Waals surface area contributed by atoms with Gasteiger partial charge in [-0.15, -0.1) is 11.8 Å². The Kier molecular flexibility index (Phi) is 4.66. The molecule has 1 heterocycles. The maximum absolute atomic E-state index is 4.57. The zero-order valence-corrected chi connectivity index (χ0v) is 11.5. The van der Waals surface area contributed by atoms with Gasteiger partial charge in [0, 0.05) is 25.3 Å². The van der Waals surface area contributed by atoms with Crippen molar-refractivity contribution in [3.05, 3.63) is 11.9 Å². The third-order valence-corrected chi connectivity index (χ3v) is 4.41. The van der Waals surface area contributed by atoms with Crippen molar-refractivity contribution < 1.29 is 0 Å². The van der Waals surface area contributed by atoms with E-state index in [-0.39, 0.29) is 0 Å². The SMILES string of the molecule is CCc1nc(NC)cc(SCC2CCCC2)n1. The van der Waals surface area contributed by atoms with Gasteiger partial charge in [-0.3, -0.25) is 0 Å². The summed E-state index contributed by atoms with van der Waals surface area (Å²) in [6.45, 7) is 2.10. The highest BCUT2D eigenvalue weighted by Gasteiger charge is 2.15. The number of hydrogen-bond acceptors (Lipinski definition) is 4. The molecule has 1 aliphatic carbocycles. The Labute approximate surface area is 108 Å². The van der Waals surface area contributed by atoms with Gasteiger partial charge in [-0.25, -0.2) is 9.97 Å². The van der Waals surface area contributed by atoms with Crippen LogP contribution < -0.4 is 5.32 Å². The summed E-state index contributed by atoms with van der Waals surface area (Å²) in [5, 5.41) is 4.22. The molecule has 0 spiro atoms. The second kappa shape index (κ2) is 6.24. The van der Waals surface area contributed by atoms with Gasteiger partial charge >= 0.3 is 0 Å². The summed E-state index contributed by atoms with van der Waals surface area (Å²) in [6, 6.07) is 2.05. The fraction of sp³-hybridized carbons (Fsp3) is 0.692. The molecule has 2 rings (SSSR count). The zero-order chi connectivity index (χ0) is 12.1. The molecule has 0 radical (unpaired) electrons. The highest BCUT2D eigenvalue weighted by Crippen LogP contribution is 2.30. The molecule has 0 aromatic carbocycles. The Bertz CT molecular complexity index is 339. The fourth-order valence-corrected chi connectivity index (χ4v) is 3.32. The molecule has 17 heavy (non-hydrogen) atoms. The second-order valence-electron chi connectivity index (χ2n) is 4.57. The molecule has 1 saturated carbocycles. The molecule has 1 fully saturated rings. The van der Waals surface area contributed by atoms with Gasteiger partial charge in [-0.05, 0) is 18.8 Å². The number of aromatic nitrogens is 2. The molecule has 4 heteroatoms. The number of nitrogens with zero attached hydrogens (tertiary/aromatic N) is 2. The predicted molar refractivity (Wildman–Crippen MR) is 73.6 cm³/mol. The molecular formula is C13H21N3S. The van der Waals surface area contributed by atoms with Crippen molar-refractivity contribution in [3.63, 3.8) is 0 Å². The minimum absolute atomic E-state index is 0.895. The van der Waals surface area contributed by atoms with Gasteiger partial charge in [-0.2, -0.15) is 0 Å². The molecule has 0 unspecified atom stereocenters. The molecule has 0 saturated heterocycles. The molecule has 1 aromatic heterocycles. The molecule has 1 aliphatic rings. The molecule has 1 aromatic rings. The second-order valence-corrected chi connectivity index (χ2v) is 5.61. The standard InChI is InChI=1S/C13H21N3S/c1-3-11-15-12(14-2)8-13(16-11)17-9-10-6-4-5-7-10/h8,10H,3-7,9H2,1-2H3,(H,14,15,16). The molecule has 94 valence electrons. The van der Waals surface area contributed by atoms with E-state index >= 15 is 0 Å². The van der Waals surface area contributed by atoms with E-state index in [2.05, 4.69) is 28.3 Å². The summed E-state index contributed by atoms with van der Waals surface area (Å²) >= 11 is 1.89. The average molecular weight is 251 g/mol. The first-order chi connectivity index (χ1) is 8.31. The molecular weight excluding hydrogens is 230 g/mol. The van der Waals surface area contributed by atoms with Crippen LogP contribution in [0, 0.1) is 5.92 Å². The van der Waals surface area contributed by atoms with Gasteiger partial charge in [0.15, 0.2) is 0 Å². The Morgan fingerprint density at radius 1 is 1.35 bits per heavy atom. The van der Waals surface area contributed by atoms with Crippen molar-refractivity contribution in [1.29, 1.82) is 0 Å². The molecule has 0 atom stereocenters. The van der Waals surface area contributed by atoms with E-state index in [0.717, 1.165) is 29.0 Å². The summed E-state index contributed by atoms with van der Waals surface area (Å²) < 4.78 is 0. The molecule has 1 N–H and O–H groups in total. The van der Waals surface area contributed by atoms with E-state index in [1.807, 2.05) is 18.8 Å². The van der Waals surface area contributed by atoms with E-state index < -0.39 is 0 Å². The number of aryl methyl sites for hydroxylation is 1. The third-order valence-electron chi connectivity index (χ3n) is 3.26. The van der Waals surface area contributed by atoms with E-state index in [0.29, 0.717) is 0 Å². The number of anilines is 1. The van der Waals surface area contributed by atoms with Gasteiger partial charge in [0.25, 0.3) is 0 Å². The number of rotatable bonds is 5. The lowest BCUT2D eigenvalue weighted by Crippen LogP contribution is -2.02. The summed E-state index contributed by atoms with van der Waals surface area (Å²) in [7, 11) is 1.91. The summed E-state index contributed by atoms with van der Waals surface area (Å²) in [5.41, 5.74) is 0. The van der Waals surface area contributed by atoms with Crippen LogP contribution in [-0.4, -0.2) is 22.8 Å². The zero-order valence-electron chi connectivity index (χ0n) is 10.7. The van der Waals surface area contributed by atoms with E-state index in [1.54, 1.807) is 0 Å². The van der Waals surface area contributed by atoms with Crippen LogP contribution in [-0.2, 0) is 6.42 Å². The number of thioether (sulfide) groups is 1. The van der Waals surface area contributed by atoms with E-state index in [1.165, 1.54) is 31.4 Å². The molecule has 0 aliphatic heterocycles. The molecule has 0 amide bonds. The lowest BCUT2D eigenvalue weighted by atomic mass is 10.1. The van der Waals surface area contributed by atoms with Gasteiger partial charge in [0.2, 0.25) is 0 Å². The van der Waals surface area contributed by atoms with Crippen LogP contribution in [0.5, 0.6) is 0 Å². The summed E-state index contributed by atoms with van der Waals surface area (Å²) in [6.07, 6.45) is 6.52. The quantitative estimate of drug-likeness (QED) is 0.643. The van der Waals surface area contributed by atoms with Crippen LogP contribution in [0.3, 0.4) is 0 Å². The van der Waals surface area contributed by atoms with Gasteiger partial charge in [0.1, 0.15) is 16.7 Å². The topological polar surface area (TPSA) is 37.8 Å². The lowest BCUT2D eigenvalue weighted by Gasteiger charge is -2.09. The first-order valence-corrected chi connectivity index (χ1v) is 7.49.